The smallest absolute Gasteiger partial charge is 0.400 e. The number of ether oxygens (including phenoxy) is 1. The van der Waals surface area contributed by atoms with Crippen molar-refractivity contribution in [2.24, 2.45) is 0 Å². The van der Waals surface area contributed by atoms with Gasteiger partial charge in [-0.3, -0.25) is 0 Å². The zero-order valence-corrected chi connectivity index (χ0v) is 14.8. The molecule has 1 aromatic rings. The summed E-state index contributed by atoms with van der Waals surface area (Å²) in [4.78, 5) is 0. The van der Waals surface area contributed by atoms with Gasteiger partial charge in [-0.15, -0.1) is 0 Å². The third-order valence-electron chi connectivity index (χ3n) is 4.38. The van der Waals surface area contributed by atoms with Crippen LogP contribution in [0.2, 0.25) is 0 Å². The molecular weight excluding hydrogens is 287 g/mol. The number of hydrogen-bond donors (Lipinski definition) is 0. The minimum absolute atomic E-state index is 0.292. The molecule has 4 heteroatoms. The lowest BCUT2D eigenvalue weighted by atomic mass is 9.90. The third kappa shape index (κ3) is 5.06. The molecule has 0 aromatic heterocycles. The van der Waals surface area contributed by atoms with Crippen LogP contribution in [0.15, 0.2) is 42.4 Å². The highest BCUT2D eigenvalue weighted by Gasteiger charge is 2.49. The van der Waals surface area contributed by atoms with Crippen molar-refractivity contribution in [2.45, 2.75) is 45.8 Å². The molecule has 1 fully saturated rings. The summed E-state index contributed by atoms with van der Waals surface area (Å²) in [6, 6.07) is 8.41. The van der Waals surface area contributed by atoms with Crippen LogP contribution >= 0.6 is 0 Å². The average Bonchev–Trinajstić information content (AvgIpc) is 2.67. The normalized spacial score (nSPS) is 20.0. The molecule has 0 saturated carbocycles. The Labute approximate surface area is 140 Å². The highest BCUT2D eigenvalue weighted by Crippen LogP contribution is 2.36. The van der Waals surface area contributed by atoms with Crippen LogP contribution in [-0.4, -0.2) is 31.5 Å². The minimum Gasteiger partial charge on any atom is -0.400 e. The van der Waals surface area contributed by atoms with Gasteiger partial charge in [-0.1, -0.05) is 54.0 Å². The van der Waals surface area contributed by atoms with Gasteiger partial charge in [0.25, 0.3) is 0 Å². The number of aryl methyl sites for hydroxylation is 1. The van der Waals surface area contributed by atoms with E-state index in [0.29, 0.717) is 13.2 Å². The molecule has 0 atom stereocenters. The highest BCUT2D eigenvalue weighted by molar-refractivity contribution is 6.51. The van der Waals surface area contributed by atoms with Crippen molar-refractivity contribution in [1.29, 1.82) is 0 Å². The summed E-state index contributed by atoms with van der Waals surface area (Å²) in [5.41, 5.74) is 1.87. The molecule has 3 nitrogen and oxygen atoms in total. The summed E-state index contributed by atoms with van der Waals surface area (Å²) in [6.07, 6.45) is 6.03. The zero-order valence-electron chi connectivity index (χ0n) is 14.8. The lowest BCUT2D eigenvalue weighted by Gasteiger charge is -2.32. The van der Waals surface area contributed by atoms with Gasteiger partial charge >= 0.3 is 7.12 Å². The molecule has 1 saturated heterocycles. The summed E-state index contributed by atoms with van der Waals surface area (Å²) in [7, 11) is -0.299. The van der Waals surface area contributed by atoms with Crippen LogP contribution in [0.4, 0.5) is 0 Å². The summed E-state index contributed by atoms with van der Waals surface area (Å²) in [5.74, 6) is 1.92. The largest absolute Gasteiger partial charge is 0.486 e. The van der Waals surface area contributed by atoms with Gasteiger partial charge in [0.15, 0.2) is 0 Å². The summed E-state index contributed by atoms with van der Waals surface area (Å²) in [6.45, 7) is 11.4. The SMILES string of the molecule is Cc1ccc(/C=C/COC/C=C/B2OC(C)(C)C(C)(C)O2)cc1. The van der Waals surface area contributed by atoms with Crippen LogP contribution in [0, 0.1) is 6.92 Å². The van der Waals surface area contributed by atoms with E-state index >= 15 is 0 Å². The molecule has 0 spiro atoms. The Balaban J connectivity index is 1.67. The number of hydrogen-bond acceptors (Lipinski definition) is 3. The first-order valence-corrected chi connectivity index (χ1v) is 8.13. The van der Waals surface area contributed by atoms with Crippen LogP contribution < -0.4 is 0 Å². The van der Waals surface area contributed by atoms with Crippen LogP contribution in [-0.2, 0) is 14.0 Å². The van der Waals surface area contributed by atoms with Crippen molar-refractivity contribution in [1.82, 2.24) is 0 Å². The Hall–Kier alpha value is -1.36. The fraction of sp³-hybridized carbons (Fsp3) is 0.474. The molecule has 1 heterocycles. The van der Waals surface area contributed by atoms with Crippen molar-refractivity contribution < 1.29 is 14.0 Å². The second kappa shape index (κ2) is 7.48. The molecule has 2 rings (SSSR count). The predicted molar refractivity (Wildman–Crippen MR) is 96.3 cm³/mol. The van der Waals surface area contributed by atoms with Gasteiger partial charge in [0.1, 0.15) is 0 Å². The molecule has 1 aliphatic rings. The fourth-order valence-electron chi connectivity index (χ4n) is 2.20. The first kappa shape index (κ1) is 18.0. The summed E-state index contributed by atoms with van der Waals surface area (Å²) >= 11 is 0. The van der Waals surface area contributed by atoms with Crippen LogP contribution in [0.5, 0.6) is 0 Å². The van der Waals surface area contributed by atoms with E-state index in [-0.39, 0.29) is 18.3 Å². The van der Waals surface area contributed by atoms with Gasteiger partial charge in [-0.2, -0.15) is 0 Å². The summed E-state index contributed by atoms with van der Waals surface area (Å²) in [5, 5.41) is 0. The Morgan fingerprint density at radius 2 is 1.52 bits per heavy atom. The molecule has 0 aliphatic carbocycles. The Bertz CT molecular complexity index is 542. The Morgan fingerprint density at radius 1 is 0.957 bits per heavy atom. The highest BCUT2D eigenvalue weighted by atomic mass is 16.7. The Morgan fingerprint density at radius 3 is 2.13 bits per heavy atom. The van der Waals surface area contributed by atoms with Gasteiger partial charge in [-0.25, -0.2) is 0 Å². The first-order chi connectivity index (χ1) is 10.8. The van der Waals surface area contributed by atoms with Crippen LogP contribution in [0.25, 0.3) is 6.08 Å². The van der Waals surface area contributed by atoms with Gasteiger partial charge in [0, 0.05) is 0 Å². The number of benzene rings is 1. The predicted octanol–water partition coefficient (Wildman–Crippen LogP) is 4.21. The maximum Gasteiger partial charge on any atom is 0.486 e. The van der Waals surface area contributed by atoms with E-state index in [0.717, 1.165) is 0 Å². The average molecular weight is 314 g/mol. The van der Waals surface area contributed by atoms with E-state index in [1.54, 1.807) is 0 Å². The molecule has 0 radical (unpaired) electrons. The van der Waals surface area contributed by atoms with E-state index in [9.17, 15) is 0 Å². The fourth-order valence-corrected chi connectivity index (χ4v) is 2.20. The first-order valence-electron chi connectivity index (χ1n) is 8.13. The maximum atomic E-state index is 5.88. The molecule has 23 heavy (non-hydrogen) atoms. The molecule has 1 aliphatic heterocycles. The van der Waals surface area contributed by atoms with Crippen molar-refractivity contribution in [3.63, 3.8) is 0 Å². The topological polar surface area (TPSA) is 27.7 Å². The molecule has 0 unspecified atom stereocenters. The molecule has 0 bridgehead atoms. The monoisotopic (exact) mass is 314 g/mol. The summed E-state index contributed by atoms with van der Waals surface area (Å²) < 4.78 is 17.3. The van der Waals surface area contributed by atoms with E-state index in [1.807, 2.05) is 45.8 Å². The molecule has 0 amide bonds. The second-order valence-corrected chi connectivity index (χ2v) is 6.90. The van der Waals surface area contributed by atoms with E-state index in [4.69, 9.17) is 14.0 Å². The molecule has 124 valence electrons. The Kier molecular flexibility index (Phi) is 5.85. The number of rotatable bonds is 6. The second-order valence-electron chi connectivity index (χ2n) is 6.90. The molecular formula is C19H27BO3. The standard InChI is InChI=1S/C19H27BO3/c1-16-9-11-17(12-10-16)8-6-14-21-15-7-13-20-22-18(2,3)19(4,5)23-20/h6-13H,14-15H2,1-5H3/b8-6+,13-7+. The van der Waals surface area contributed by atoms with Crippen molar-refractivity contribution in [3.05, 3.63) is 53.5 Å². The van der Waals surface area contributed by atoms with Gasteiger partial charge in [-0.05, 0) is 40.2 Å². The van der Waals surface area contributed by atoms with Gasteiger partial charge in [0.2, 0.25) is 0 Å². The molecule has 0 N–H and O–H groups in total. The lowest BCUT2D eigenvalue weighted by molar-refractivity contribution is 0.00578. The lowest BCUT2D eigenvalue weighted by Crippen LogP contribution is -2.41. The van der Waals surface area contributed by atoms with Gasteiger partial charge in [0.05, 0.1) is 24.4 Å². The van der Waals surface area contributed by atoms with E-state index in [1.165, 1.54) is 11.1 Å². The van der Waals surface area contributed by atoms with Crippen molar-refractivity contribution >= 4 is 13.2 Å². The minimum atomic E-state index is -0.299. The van der Waals surface area contributed by atoms with Crippen molar-refractivity contribution in [3.8, 4) is 0 Å². The van der Waals surface area contributed by atoms with Gasteiger partial charge < -0.3 is 14.0 Å². The van der Waals surface area contributed by atoms with Crippen LogP contribution in [0.1, 0.15) is 38.8 Å². The third-order valence-corrected chi connectivity index (χ3v) is 4.38. The van der Waals surface area contributed by atoms with E-state index in [2.05, 4.69) is 37.3 Å². The van der Waals surface area contributed by atoms with Crippen molar-refractivity contribution in [2.75, 3.05) is 13.2 Å². The van der Waals surface area contributed by atoms with Crippen LogP contribution in [0.3, 0.4) is 0 Å². The molecule has 1 aromatic carbocycles. The van der Waals surface area contributed by atoms with E-state index < -0.39 is 0 Å². The maximum absolute atomic E-state index is 5.88. The quantitative estimate of drug-likeness (QED) is 0.581. The zero-order chi connectivity index (χ0) is 16.9.